The molecule has 1 amide bonds. The smallest absolute Gasteiger partial charge is 0.255 e. The molecule has 1 unspecified atom stereocenters. The first kappa shape index (κ1) is 13.2. The zero-order valence-electron chi connectivity index (χ0n) is 10.7. The van der Waals surface area contributed by atoms with Gasteiger partial charge in [0.25, 0.3) is 5.91 Å². The SMILES string of the molecule is CCC1CCCCN1C(=O)c1cc(N)ccc1Cl. The molecular weight excluding hydrogens is 248 g/mol. The van der Waals surface area contributed by atoms with Crippen LogP contribution in [0.5, 0.6) is 0 Å². The second-order valence-corrected chi connectivity index (χ2v) is 5.20. The van der Waals surface area contributed by atoms with Crippen molar-refractivity contribution >= 4 is 23.2 Å². The Kier molecular flexibility index (Phi) is 4.12. The third kappa shape index (κ3) is 2.61. The molecular formula is C14H19ClN2O. The lowest BCUT2D eigenvalue weighted by atomic mass is 9.99. The van der Waals surface area contributed by atoms with Gasteiger partial charge in [0.15, 0.2) is 0 Å². The minimum atomic E-state index is 0.0128. The Balaban J connectivity index is 2.26. The molecule has 0 aliphatic carbocycles. The number of nitrogens with two attached hydrogens (primary N) is 1. The fourth-order valence-corrected chi connectivity index (χ4v) is 2.75. The second-order valence-electron chi connectivity index (χ2n) is 4.80. The number of hydrogen-bond donors (Lipinski definition) is 1. The quantitative estimate of drug-likeness (QED) is 0.835. The molecule has 1 aromatic carbocycles. The second kappa shape index (κ2) is 5.61. The van der Waals surface area contributed by atoms with Gasteiger partial charge in [-0.2, -0.15) is 0 Å². The van der Waals surface area contributed by atoms with E-state index in [9.17, 15) is 4.79 Å². The molecule has 0 saturated carbocycles. The van der Waals surface area contributed by atoms with Crippen LogP contribution in [0, 0.1) is 0 Å². The van der Waals surface area contributed by atoms with Crippen molar-refractivity contribution in [2.24, 2.45) is 0 Å². The molecule has 98 valence electrons. The fourth-order valence-electron chi connectivity index (χ4n) is 2.55. The summed E-state index contributed by atoms with van der Waals surface area (Å²) in [5, 5.41) is 0.481. The fraction of sp³-hybridized carbons (Fsp3) is 0.500. The number of halogens is 1. The lowest BCUT2D eigenvalue weighted by molar-refractivity contribution is 0.0608. The number of benzene rings is 1. The summed E-state index contributed by atoms with van der Waals surface area (Å²) in [7, 11) is 0. The van der Waals surface area contributed by atoms with Crippen LogP contribution in [0.1, 0.15) is 43.0 Å². The first-order valence-corrected chi connectivity index (χ1v) is 6.87. The number of anilines is 1. The molecule has 1 aromatic rings. The number of likely N-dealkylation sites (tertiary alicyclic amines) is 1. The van der Waals surface area contributed by atoms with Crippen molar-refractivity contribution in [3.05, 3.63) is 28.8 Å². The minimum Gasteiger partial charge on any atom is -0.399 e. The molecule has 2 rings (SSSR count). The predicted molar refractivity (Wildman–Crippen MR) is 74.8 cm³/mol. The maximum atomic E-state index is 12.5. The highest BCUT2D eigenvalue weighted by Crippen LogP contribution is 2.26. The van der Waals surface area contributed by atoms with Gasteiger partial charge in [-0.25, -0.2) is 0 Å². The van der Waals surface area contributed by atoms with E-state index in [0.29, 0.717) is 22.3 Å². The molecule has 0 aromatic heterocycles. The van der Waals surface area contributed by atoms with Crippen LogP contribution >= 0.6 is 11.6 Å². The number of rotatable bonds is 2. The summed E-state index contributed by atoms with van der Waals surface area (Å²) in [4.78, 5) is 14.5. The molecule has 1 saturated heterocycles. The van der Waals surface area contributed by atoms with Crippen molar-refractivity contribution in [3.63, 3.8) is 0 Å². The number of amides is 1. The van der Waals surface area contributed by atoms with Gasteiger partial charge in [-0.1, -0.05) is 18.5 Å². The summed E-state index contributed by atoms with van der Waals surface area (Å²) in [5.74, 6) is 0.0128. The van der Waals surface area contributed by atoms with E-state index >= 15 is 0 Å². The average molecular weight is 267 g/mol. The van der Waals surface area contributed by atoms with E-state index in [1.807, 2.05) is 4.90 Å². The molecule has 0 bridgehead atoms. The highest BCUT2D eigenvalue weighted by molar-refractivity contribution is 6.34. The van der Waals surface area contributed by atoms with E-state index in [1.54, 1.807) is 18.2 Å². The van der Waals surface area contributed by atoms with Crippen molar-refractivity contribution in [2.45, 2.75) is 38.6 Å². The van der Waals surface area contributed by atoms with Gasteiger partial charge in [-0.15, -0.1) is 0 Å². The van der Waals surface area contributed by atoms with Crippen molar-refractivity contribution < 1.29 is 4.79 Å². The Bertz CT molecular complexity index is 447. The van der Waals surface area contributed by atoms with Crippen LogP contribution < -0.4 is 5.73 Å². The first-order valence-electron chi connectivity index (χ1n) is 6.49. The van der Waals surface area contributed by atoms with E-state index in [4.69, 9.17) is 17.3 Å². The summed E-state index contributed by atoms with van der Waals surface area (Å²) in [6.45, 7) is 2.94. The molecule has 1 aliphatic rings. The normalized spacial score (nSPS) is 19.9. The van der Waals surface area contributed by atoms with Crippen LogP contribution in [-0.4, -0.2) is 23.4 Å². The first-order chi connectivity index (χ1) is 8.63. The Morgan fingerprint density at radius 3 is 3.00 bits per heavy atom. The van der Waals surface area contributed by atoms with Gasteiger partial charge in [-0.05, 0) is 43.9 Å². The number of piperidine rings is 1. The number of hydrogen-bond acceptors (Lipinski definition) is 2. The van der Waals surface area contributed by atoms with E-state index in [0.717, 1.165) is 25.8 Å². The third-order valence-corrected chi connectivity index (χ3v) is 3.91. The maximum absolute atomic E-state index is 12.5. The van der Waals surface area contributed by atoms with Crippen LogP contribution in [0.15, 0.2) is 18.2 Å². The standard InChI is InChI=1S/C14H19ClN2O/c1-2-11-5-3-4-8-17(11)14(18)12-9-10(16)6-7-13(12)15/h6-7,9,11H,2-5,8,16H2,1H3. The topological polar surface area (TPSA) is 46.3 Å². The van der Waals surface area contributed by atoms with Crippen LogP contribution in [-0.2, 0) is 0 Å². The predicted octanol–water partition coefficient (Wildman–Crippen LogP) is 3.33. The van der Waals surface area contributed by atoms with Crippen LogP contribution in [0.2, 0.25) is 5.02 Å². The molecule has 1 atom stereocenters. The van der Waals surface area contributed by atoms with Crippen LogP contribution in [0.25, 0.3) is 0 Å². The minimum absolute atomic E-state index is 0.0128. The number of carbonyl (C=O) groups is 1. The summed E-state index contributed by atoms with van der Waals surface area (Å²) >= 11 is 6.10. The summed E-state index contributed by atoms with van der Waals surface area (Å²) in [6, 6.07) is 5.41. The number of nitrogens with zero attached hydrogens (tertiary/aromatic N) is 1. The Morgan fingerprint density at radius 1 is 1.50 bits per heavy atom. The summed E-state index contributed by atoms with van der Waals surface area (Å²) in [5.41, 5.74) is 6.83. The number of carbonyl (C=O) groups excluding carboxylic acids is 1. The third-order valence-electron chi connectivity index (χ3n) is 3.58. The molecule has 2 N–H and O–H groups in total. The zero-order valence-corrected chi connectivity index (χ0v) is 11.4. The van der Waals surface area contributed by atoms with Crippen molar-refractivity contribution in [1.29, 1.82) is 0 Å². The Labute approximate surface area is 113 Å². The number of nitrogen functional groups attached to an aromatic ring is 1. The van der Waals surface area contributed by atoms with Gasteiger partial charge in [0.1, 0.15) is 0 Å². The zero-order chi connectivity index (χ0) is 13.1. The molecule has 0 spiro atoms. The summed E-state index contributed by atoms with van der Waals surface area (Å²) < 4.78 is 0. The van der Waals surface area contributed by atoms with E-state index < -0.39 is 0 Å². The van der Waals surface area contributed by atoms with Gasteiger partial charge >= 0.3 is 0 Å². The van der Waals surface area contributed by atoms with Crippen LogP contribution in [0.4, 0.5) is 5.69 Å². The maximum Gasteiger partial charge on any atom is 0.255 e. The molecule has 3 nitrogen and oxygen atoms in total. The molecule has 4 heteroatoms. The van der Waals surface area contributed by atoms with Crippen LogP contribution in [0.3, 0.4) is 0 Å². The molecule has 1 heterocycles. The molecule has 0 radical (unpaired) electrons. The Hall–Kier alpha value is -1.22. The Morgan fingerprint density at radius 2 is 2.28 bits per heavy atom. The molecule has 1 fully saturated rings. The van der Waals surface area contributed by atoms with Gasteiger partial charge in [0.05, 0.1) is 10.6 Å². The van der Waals surface area contributed by atoms with Crippen molar-refractivity contribution in [3.8, 4) is 0 Å². The molecule has 1 aliphatic heterocycles. The lowest BCUT2D eigenvalue weighted by Gasteiger charge is -2.35. The van der Waals surface area contributed by atoms with Crippen molar-refractivity contribution in [2.75, 3.05) is 12.3 Å². The summed E-state index contributed by atoms with van der Waals surface area (Å²) in [6.07, 6.45) is 4.35. The monoisotopic (exact) mass is 266 g/mol. The highest BCUT2D eigenvalue weighted by atomic mass is 35.5. The van der Waals surface area contributed by atoms with E-state index in [-0.39, 0.29) is 5.91 Å². The van der Waals surface area contributed by atoms with Crippen molar-refractivity contribution in [1.82, 2.24) is 4.90 Å². The van der Waals surface area contributed by atoms with E-state index in [1.165, 1.54) is 6.42 Å². The van der Waals surface area contributed by atoms with Gasteiger partial charge < -0.3 is 10.6 Å². The van der Waals surface area contributed by atoms with Gasteiger partial charge in [0.2, 0.25) is 0 Å². The molecule has 18 heavy (non-hydrogen) atoms. The highest BCUT2D eigenvalue weighted by Gasteiger charge is 2.27. The van der Waals surface area contributed by atoms with Gasteiger partial charge in [0, 0.05) is 18.3 Å². The lowest BCUT2D eigenvalue weighted by Crippen LogP contribution is -2.43. The van der Waals surface area contributed by atoms with Gasteiger partial charge in [-0.3, -0.25) is 4.79 Å². The average Bonchev–Trinajstić information content (AvgIpc) is 2.40. The largest absolute Gasteiger partial charge is 0.399 e. The van der Waals surface area contributed by atoms with E-state index in [2.05, 4.69) is 6.92 Å².